The van der Waals surface area contributed by atoms with Crippen molar-refractivity contribution in [3.63, 3.8) is 0 Å². The Morgan fingerprint density at radius 3 is 1.46 bits per heavy atom. The van der Waals surface area contributed by atoms with Crippen LogP contribution >= 0.6 is 0 Å². The summed E-state index contributed by atoms with van der Waals surface area (Å²) in [5.41, 5.74) is -0.693. The molecular weight excluding hydrogens is 320 g/mol. The summed E-state index contributed by atoms with van der Waals surface area (Å²) in [6.45, 7) is 6.42. The average molecular weight is 371 g/mol. The van der Waals surface area contributed by atoms with Gasteiger partial charge in [0.2, 0.25) is 0 Å². The molecular formula is C24H50O2. The predicted octanol–water partition coefficient (Wildman–Crippen LogP) is 7.55. The highest BCUT2D eigenvalue weighted by atomic mass is 16.3. The van der Waals surface area contributed by atoms with Crippen molar-refractivity contribution in [1.29, 1.82) is 0 Å². The molecule has 2 heteroatoms. The van der Waals surface area contributed by atoms with Crippen molar-refractivity contribution in [3.8, 4) is 0 Å². The monoisotopic (exact) mass is 370 g/mol. The summed E-state index contributed by atoms with van der Waals surface area (Å²) in [5.74, 6) is 0. The van der Waals surface area contributed by atoms with E-state index in [4.69, 9.17) is 0 Å². The van der Waals surface area contributed by atoms with Crippen molar-refractivity contribution in [2.75, 3.05) is 0 Å². The van der Waals surface area contributed by atoms with Crippen molar-refractivity contribution in [2.24, 2.45) is 0 Å². The second-order valence-corrected chi connectivity index (χ2v) is 8.84. The van der Waals surface area contributed by atoms with Crippen LogP contribution in [0.2, 0.25) is 0 Å². The fraction of sp³-hybridized carbons (Fsp3) is 1.00. The molecule has 0 aromatic rings. The van der Waals surface area contributed by atoms with E-state index >= 15 is 0 Å². The molecule has 0 radical (unpaired) electrons. The van der Waals surface area contributed by atoms with Gasteiger partial charge >= 0.3 is 0 Å². The Balaban J connectivity index is 3.52. The number of hydrogen-bond donors (Lipinski definition) is 2. The first-order valence-corrected chi connectivity index (χ1v) is 11.9. The zero-order chi connectivity index (χ0) is 19.5. The molecule has 0 fully saturated rings. The Morgan fingerprint density at radius 1 is 0.615 bits per heavy atom. The minimum absolute atomic E-state index is 0.334. The summed E-state index contributed by atoms with van der Waals surface area (Å²) in [6, 6.07) is 0. The van der Waals surface area contributed by atoms with Crippen LogP contribution in [0.5, 0.6) is 0 Å². The maximum absolute atomic E-state index is 10.5. The normalized spacial score (nSPS) is 15.1. The molecule has 2 atom stereocenters. The summed E-state index contributed by atoms with van der Waals surface area (Å²) >= 11 is 0. The van der Waals surface area contributed by atoms with Crippen LogP contribution in [0.1, 0.15) is 143 Å². The molecule has 0 heterocycles. The van der Waals surface area contributed by atoms with Gasteiger partial charge in [-0.2, -0.15) is 0 Å². The summed E-state index contributed by atoms with van der Waals surface area (Å²) in [5, 5.41) is 20.7. The lowest BCUT2D eigenvalue weighted by atomic mass is 9.90. The molecule has 0 aliphatic carbocycles. The lowest BCUT2D eigenvalue weighted by Crippen LogP contribution is -2.30. The topological polar surface area (TPSA) is 40.5 Å². The van der Waals surface area contributed by atoms with Gasteiger partial charge in [0.1, 0.15) is 0 Å². The molecule has 0 aromatic heterocycles. The van der Waals surface area contributed by atoms with Gasteiger partial charge in [-0.25, -0.2) is 0 Å². The van der Waals surface area contributed by atoms with Gasteiger partial charge in [-0.1, -0.05) is 117 Å². The van der Waals surface area contributed by atoms with Crippen LogP contribution in [0.4, 0.5) is 0 Å². The molecule has 26 heavy (non-hydrogen) atoms. The first-order valence-electron chi connectivity index (χ1n) is 11.9. The Bertz CT molecular complexity index is 275. The number of aliphatic hydroxyl groups excluding tert-OH is 1. The van der Waals surface area contributed by atoms with Crippen molar-refractivity contribution < 1.29 is 10.2 Å². The Labute approximate surface area is 165 Å². The summed E-state index contributed by atoms with van der Waals surface area (Å²) in [6.07, 6.45) is 22.6. The van der Waals surface area contributed by atoms with Crippen LogP contribution in [0.25, 0.3) is 0 Å². The zero-order valence-electron chi connectivity index (χ0n) is 18.4. The Morgan fingerprint density at radius 2 is 1.00 bits per heavy atom. The average Bonchev–Trinajstić information content (AvgIpc) is 2.59. The van der Waals surface area contributed by atoms with Gasteiger partial charge in [-0.3, -0.25) is 0 Å². The van der Waals surface area contributed by atoms with Crippen molar-refractivity contribution in [2.45, 2.75) is 154 Å². The number of rotatable bonds is 20. The van der Waals surface area contributed by atoms with Crippen LogP contribution in [-0.4, -0.2) is 21.9 Å². The van der Waals surface area contributed by atoms with E-state index in [0.29, 0.717) is 6.42 Å². The smallest absolute Gasteiger partial charge is 0.0644 e. The first kappa shape index (κ1) is 25.9. The van der Waals surface area contributed by atoms with E-state index in [2.05, 4.69) is 13.8 Å². The molecule has 0 saturated heterocycles. The molecule has 0 amide bonds. The van der Waals surface area contributed by atoms with E-state index in [0.717, 1.165) is 25.7 Å². The Hall–Kier alpha value is -0.0800. The van der Waals surface area contributed by atoms with Crippen LogP contribution in [0.3, 0.4) is 0 Å². The third kappa shape index (κ3) is 18.7. The largest absolute Gasteiger partial charge is 0.393 e. The Kier molecular flexibility index (Phi) is 18.2. The van der Waals surface area contributed by atoms with Gasteiger partial charge in [-0.05, 0) is 19.8 Å². The molecule has 0 bridgehead atoms. The molecule has 158 valence electrons. The maximum atomic E-state index is 10.5. The third-order valence-electron chi connectivity index (χ3n) is 5.64. The van der Waals surface area contributed by atoms with Crippen LogP contribution in [0, 0.1) is 0 Å². The number of hydrogen-bond acceptors (Lipinski definition) is 2. The van der Waals surface area contributed by atoms with E-state index < -0.39 is 5.60 Å². The van der Waals surface area contributed by atoms with E-state index in [-0.39, 0.29) is 6.10 Å². The summed E-state index contributed by atoms with van der Waals surface area (Å²) in [4.78, 5) is 0. The van der Waals surface area contributed by atoms with Gasteiger partial charge in [-0.15, -0.1) is 0 Å². The van der Waals surface area contributed by atoms with E-state index in [1.54, 1.807) is 0 Å². The van der Waals surface area contributed by atoms with Gasteiger partial charge < -0.3 is 10.2 Å². The summed E-state index contributed by atoms with van der Waals surface area (Å²) in [7, 11) is 0. The van der Waals surface area contributed by atoms with E-state index in [1.807, 2.05) is 6.92 Å². The standard InChI is InChI=1S/C24H50O2/c1-4-6-8-10-12-14-16-18-20-23(25)22-24(3,26)21-19-17-15-13-11-9-7-5-2/h23,25-26H,4-22H2,1-3H3. The van der Waals surface area contributed by atoms with Crippen molar-refractivity contribution in [1.82, 2.24) is 0 Å². The van der Waals surface area contributed by atoms with Crippen molar-refractivity contribution >= 4 is 0 Å². The molecule has 0 spiro atoms. The lowest BCUT2D eigenvalue weighted by molar-refractivity contribution is -0.00705. The van der Waals surface area contributed by atoms with Crippen LogP contribution in [-0.2, 0) is 0 Å². The summed E-state index contributed by atoms with van der Waals surface area (Å²) < 4.78 is 0. The molecule has 0 rings (SSSR count). The zero-order valence-corrected chi connectivity index (χ0v) is 18.4. The van der Waals surface area contributed by atoms with Crippen LogP contribution < -0.4 is 0 Å². The fourth-order valence-corrected chi connectivity index (χ4v) is 3.87. The van der Waals surface area contributed by atoms with Gasteiger partial charge in [0.15, 0.2) is 0 Å². The quantitative estimate of drug-likeness (QED) is 0.217. The highest BCUT2D eigenvalue weighted by molar-refractivity contribution is 4.76. The highest BCUT2D eigenvalue weighted by Gasteiger charge is 2.23. The highest BCUT2D eigenvalue weighted by Crippen LogP contribution is 2.23. The minimum Gasteiger partial charge on any atom is -0.393 e. The second-order valence-electron chi connectivity index (χ2n) is 8.84. The third-order valence-corrected chi connectivity index (χ3v) is 5.64. The molecule has 0 aromatic carbocycles. The van der Waals surface area contributed by atoms with Gasteiger partial charge in [0, 0.05) is 6.42 Å². The fourth-order valence-electron chi connectivity index (χ4n) is 3.87. The number of unbranched alkanes of at least 4 members (excludes halogenated alkanes) is 14. The minimum atomic E-state index is -0.693. The van der Waals surface area contributed by atoms with E-state index in [9.17, 15) is 10.2 Å². The SMILES string of the molecule is CCCCCCCCCCC(O)CC(C)(O)CCCCCCCCCC. The second kappa shape index (κ2) is 18.3. The van der Waals surface area contributed by atoms with Crippen LogP contribution in [0.15, 0.2) is 0 Å². The molecule has 0 aliphatic rings. The van der Waals surface area contributed by atoms with Gasteiger partial charge in [0.25, 0.3) is 0 Å². The maximum Gasteiger partial charge on any atom is 0.0644 e. The molecule has 2 unspecified atom stereocenters. The molecule has 2 N–H and O–H groups in total. The van der Waals surface area contributed by atoms with E-state index in [1.165, 1.54) is 89.9 Å². The number of aliphatic hydroxyl groups is 2. The molecule has 0 saturated carbocycles. The predicted molar refractivity (Wildman–Crippen MR) is 116 cm³/mol. The molecule has 2 nitrogen and oxygen atoms in total. The first-order chi connectivity index (χ1) is 12.5. The molecule has 0 aliphatic heterocycles. The van der Waals surface area contributed by atoms with Crippen molar-refractivity contribution in [3.05, 3.63) is 0 Å². The lowest BCUT2D eigenvalue weighted by Gasteiger charge is -2.26. The van der Waals surface area contributed by atoms with Gasteiger partial charge in [0.05, 0.1) is 11.7 Å².